The number of para-hydroxylation sites is 1. The van der Waals surface area contributed by atoms with Crippen molar-refractivity contribution in [1.29, 1.82) is 0 Å². The molecule has 0 saturated heterocycles. The van der Waals surface area contributed by atoms with Crippen LogP contribution in [0.4, 0.5) is 5.69 Å². The quantitative estimate of drug-likeness (QED) is 0.445. The van der Waals surface area contributed by atoms with E-state index in [9.17, 15) is 14.4 Å². The highest BCUT2D eigenvalue weighted by atomic mass is 35.5. The van der Waals surface area contributed by atoms with Gasteiger partial charge in [-0.3, -0.25) is 14.2 Å². The molecular weight excluding hydrogens is 456 g/mol. The van der Waals surface area contributed by atoms with Crippen molar-refractivity contribution >= 4 is 56.6 Å². The largest absolute Gasteiger partial charge is 0.337 e. The van der Waals surface area contributed by atoms with Crippen LogP contribution in [-0.2, 0) is 11.3 Å². The van der Waals surface area contributed by atoms with Gasteiger partial charge in [-0.15, -0.1) is 11.3 Å². The molecule has 2 aromatic heterocycles. The predicted molar refractivity (Wildman–Crippen MR) is 126 cm³/mol. The van der Waals surface area contributed by atoms with Crippen LogP contribution in [-0.4, -0.2) is 26.3 Å². The lowest BCUT2D eigenvalue weighted by atomic mass is 10.2. The standard InChI is InChI=1S/C21H17ClN4O3S2/c1-12-8-9-13(10-15(12)22)23-16(27)11-25-18-17(31-20(24-18)30-2)19(28)26(21(25)29)14-6-4-3-5-7-14/h3-10H,11H2,1-2H3,(H,23,27). The van der Waals surface area contributed by atoms with E-state index in [1.807, 2.05) is 13.2 Å². The molecule has 0 saturated carbocycles. The average Bonchev–Trinajstić information content (AvgIpc) is 3.19. The van der Waals surface area contributed by atoms with E-state index < -0.39 is 17.2 Å². The van der Waals surface area contributed by atoms with Gasteiger partial charge >= 0.3 is 5.69 Å². The van der Waals surface area contributed by atoms with E-state index in [0.29, 0.717) is 25.4 Å². The maximum Gasteiger partial charge on any atom is 0.337 e. The SMILES string of the molecule is CSc1nc2c(s1)c(=O)n(-c1ccccc1)c(=O)n2CC(=O)Nc1ccc(C)c(Cl)c1. The average molecular weight is 473 g/mol. The molecule has 0 aliphatic heterocycles. The molecule has 4 aromatic rings. The zero-order valence-corrected chi connectivity index (χ0v) is 19.0. The molecule has 0 unspecified atom stereocenters. The molecule has 7 nitrogen and oxygen atoms in total. The Morgan fingerprint density at radius 3 is 2.61 bits per heavy atom. The van der Waals surface area contributed by atoms with Crippen molar-refractivity contribution in [2.45, 2.75) is 17.8 Å². The first-order chi connectivity index (χ1) is 14.9. The Bertz CT molecular complexity index is 1410. The van der Waals surface area contributed by atoms with E-state index in [2.05, 4.69) is 10.3 Å². The molecule has 2 heterocycles. The second-order valence-electron chi connectivity index (χ2n) is 6.69. The summed E-state index contributed by atoms with van der Waals surface area (Å²) in [5.41, 5.74) is 0.959. The number of hydrogen-bond acceptors (Lipinski definition) is 6. The van der Waals surface area contributed by atoms with Gasteiger partial charge in [-0.05, 0) is 43.0 Å². The number of carbonyl (C=O) groups is 1. The number of nitrogens with zero attached hydrogens (tertiary/aromatic N) is 3. The molecule has 10 heteroatoms. The van der Waals surface area contributed by atoms with Crippen LogP contribution in [0.3, 0.4) is 0 Å². The maximum atomic E-state index is 13.3. The van der Waals surface area contributed by atoms with Gasteiger partial charge in [-0.25, -0.2) is 14.3 Å². The fourth-order valence-corrected chi connectivity index (χ4v) is 4.74. The number of rotatable bonds is 5. The van der Waals surface area contributed by atoms with Crippen LogP contribution in [0.1, 0.15) is 5.56 Å². The van der Waals surface area contributed by atoms with Gasteiger partial charge in [0.25, 0.3) is 5.56 Å². The van der Waals surface area contributed by atoms with Crippen LogP contribution < -0.4 is 16.6 Å². The molecule has 4 rings (SSSR count). The normalized spacial score (nSPS) is 11.1. The molecule has 1 N–H and O–H groups in total. The van der Waals surface area contributed by atoms with Gasteiger partial charge in [-0.2, -0.15) is 0 Å². The van der Waals surface area contributed by atoms with Gasteiger partial charge < -0.3 is 5.32 Å². The fourth-order valence-electron chi connectivity index (χ4n) is 3.06. The predicted octanol–water partition coefficient (Wildman–Crippen LogP) is 3.93. The topological polar surface area (TPSA) is 86.0 Å². The molecule has 0 bridgehead atoms. The van der Waals surface area contributed by atoms with E-state index >= 15 is 0 Å². The van der Waals surface area contributed by atoms with Crippen molar-refractivity contribution in [3.63, 3.8) is 0 Å². The number of anilines is 1. The number of carbonyl (C=O) groups excluding carboxylic acids is 1. The van der Waals surface area contributed by atoms with Gasteiger partial charge in [0.2, 0.25) is 5.91 Å². The zero-order chi connectivity index (χ0) is 22.1. The van der Waals surface area contributed by atoms with E-state index in [-0.39, 0.29) is 12.2 Å². The lowest BCUT2D eigenvalue weighted by Gasteiger charge is -2.12. The minimum atomic E-state index is -0.626. The number of nitrogens with one attached hydrogen (secondary N) is 1. The molecule has 158 valence electrons. The van der Waals surface area contributed by atoms with Crippen molar-refractivity contribution in [2.75, 3.05) is 11.6 Å². The highest BCUT2D eigenvalue weighted by Gasteiger charge is 2.20. The molecule has 0 radical (unpaired) electrons. The number of amides is 1. The summed E-state index contributed by atoms with van der Waals surface area (Å²) in [5.74, 6) is -0.430. The molecule has 0 fully saturated rings. The van der Waals surface area contributed by atoms with Gasteiger partial charge in [-0.1, -0.05) is 47.6 Å². The minimum Gasteiger partial charge on any atom is -0.324 e. The first-order valence-electron chi connectivity index (χ1n) is 9.21. The van der Waals surface area contributed by atoms with Crippen molar-refractivity contribution in [3.8, 4) is 5.69 Å². The van der Waals surface area contributed by atoms with Crippen LogP contribution in [0.15, 0.2) is 62.5 Å². The van der Waals surface area contributed by atoms with Crippen molar-refractivity contribution in [2.24, 2.45) is 0 Å². The number of fused-ring (bicyclic) bond motifs is 1. The third-order valence-electron chi connectivity index (χ3n) is 4.61. The molecule has 2 aromatic carbocycles. The second-order valence-corrected chi connectivity index (χ2v) is 9.15. The Kier molecular flexibility index (Phi) is 5.99. The second kappa shape index (κ2) is 8.70. The van der Waals surface area contributed by atoms with E-state index in [1.54, 1.807) is 48.5 Å². The lowest BCUT2D eigenvalue weighted by molar-refractivity contribution is -0.116. The molecule has 0 atom stereocenters. The van der Waals surface area contributed by atoms with Crippen LogP contribution in [0, 0.1) is 6.92 Å². The molecule has 31 heavy (non-hydrogen) atoms. The van der Waals surface area contributed by atoms with Crippen molar-refractivity contribution < 1.29 is 4.79 Å². The highest BCUT2D eigenvalue weighted by Crippen LogP contribution is 2.25. The summed E-state index contributed by atoms with van der Waals surface area (Å²) in [5, 5.41) is 3.27. The molecule has 1 amide bonds. The van der Waals surface area contributed by atoms with Crippen molar-refractivity contribution in [3.05, 3.63) is 80.0 Å². The first-order valence-corrected chi connectivity index (χ1v) is 11.6. The van der Waals surface area contributed by atoms with Gasteiger partial charge in [0.15, 0.2) is 9.99 Å². The number of thioether (sulfide) groups is 1. The number of thiazole rings is 1. The van der Waals surface area contributed by atoms with Gasteiger partial charge in [0.1, 0.15) is 11.2 Å². The Hall–Kier alpha value is -2.88. The Morgan fingerprint density at radius 2 is 1.94 bits per heavy atom. The van der Waals surface area contributed by atoms with E-state index in [1.165, 1.54) is 27.7 Å². The Morgan fingerprint density at radius 1 is 1.19 bits per heavy atom. The number of hydrogen-bond donors (Lipinski definition) is 1. The van der Waals surface area contributed by atoms with E-state index in [4.69, 9.17) is 11.6 Å². The lowest BCUT2D eigenvalue weighted by Crippen LogP contribution is -2.40. The highest BCUT2D eigenvalue weighted by molar-refractivity contribution is 8.00. The van der Waals surface area contributed by atoms with Crippen LogP contribution in [0.25, 0.3) is 16.0 Å². The van der Waals surface area contributed by atoms with Crippen LogP contribution >= 0.6 is 34.7 Å². The molecule has 0 aliphatic carbocycles. The van der Waals surface area contributed by atoms with Gasteiger partial charge in [0.05, 0.1) is 5.69 Å². The summed E-state index contributed by atoms with van der Waals surface area (Å²) in [6.07, 6.45) is 1.84. The first kappa shape index (κ1) is 21.4. The Balaban J connectivity index is 1.81. The number of aryl methyl sites for hydroxylation is 1. The van der Waals surface area contributed by atoms with E-state index in [0.717, 1.165) is 10.1 Å². The molecular formula is C21H17ClN4O3S2. The summed E-state index contributed by atoms with van der Waals surface area (Å²) < 4.78 is 3.25. The zero-order valence-electron chi connectivity index (χ0n) is 16.6. The van der Waals surface area contributed by atoms with Gasteiger partial charge in [0, 0.05) is 10.7 Å². The molecule has 0 aliphatic rings. The third kappa shape index (κ3) is 4.16. The molecule has 0 spiro atoms. The summed E-state index contributed by atoms with van der Waals surface area (Å²) in [7, 11) is 0. The smallest absolute Gasteiger partial charge is 0.324 e. The summed E-state index contributed by atoms with van der Waals surface area (Å²) in [4.78, 5) is 43.5. The van der Waals surface area contributed by atoms with Crippen molar-refractivity contribution in [1.82, 2.24) is 14.1 Å². The van der Waals surface area contributed by atoms with Crippen LogP contribution in [0.5, 0.6) is 0 Å². The number of aromatic nitrogens is 3. The minimum absolute atomic E-state index is 0.202. The summed E-state index contributed by atoms with van der Waals surface area (Å²) >= 11 is 8.70. The Labute approximate surface area is 190 Å². The monoisotopic (exact) mass is 472 g/mol. The third-order valence-corrected chi connectivity index (χ3v) is 7.04. The fraction of sp³-hybridized carbons (Fsp3) is 0.143. The van der Waals surface area contributed by atoms with Crippen LogP contribution in [0.2, 0.25) is 5.02 Å². The number of benzene rings is 2. The summed E-state index contributed by atoms with van der Waals surface area (Å²) in [6, 6.07) is 13.8. The maximum absolute atomic E-state index is 13.3. The summed E-state index contributed by atoms with van der Waals surface area (Å²) in [6.45, 7) is 1.56. The number of halogens is 1.